The Hall–Kier alpha value is -0.950. The van der Waals surface area contributed by atoms with Gasteiger partial charge < -0.3 is 21.1 Å². The zero-order valence-electron chi connectivity index (χ0n) is 15.9. The summed E-state index contributed by atoms with van der Waals surface area (Å²) in [6, 6.07) is 2.48. The molecule has 5 nitrogen and oxygen atoms in total. The number of anilines is 1. The van der Waals surface area contributed by atoms with Crippen LogP contribution in [-0.4, -0.2) is 36.7 Å². The van der Waals surface area contributed by atoms with Crippen molar-refractivity contribution in [2.24, 2.45) is 11.7 Å². The first-order valence-corrected chi connectivity index (χ1v) is 11.4. The molecule has 4 N–H and O–H groups in total. The topological polar surface area (TPSA) is 72.2 Å². The molecule has 0 spiro atoms. The summed E-state index contributed by atoms with van der Waals surface area (Å²) in [5.41, 5.74) is 7.81. The molecular formula is C20H31ClN4OS. The van der Waals surface area contributed by atoms with Crippen LogP contribution in [0.5, 0.6) is 0 Å². The molecule has 2 fully saturated rings. The van der Waals surface area contributed by atoms with E-state index in [1.165, 1.54) is 32.1 Å². The van der Waals surface area contributed by atoms with Gasteiger partial charge in [0.25, 0.3) is 0 Å². The first-order chi connectivity index (χ1) is 13.2. The average Bonchev–Trinajstić information content (AvgIpc) is 2.70. The molecule has 1 saturated carbocycles. The predicted molar refractivity (Wildman–Crippen MR) is 116 cm³/mol. The van der Waals surface area contributed by atoms with Crippen molar-refractivity contribution >= 4 is 34.9 Å². The maximum absolute atomic E-state index is 6.33. The molecular weight excluding hydrogens is 380 g/mol. The smallest absolute Gasteiger partial charge is 0.126 e. The highest BCUT2D eigenvalue weighted by atomic mass is 35.5. The summed E-state index contributed by atoms with van der Waals surface area (Å²) in [4.78, 5) is 4.42. The van der Waals surface area contributed by atoms with E-state index in [4.69, 9.17) is 22.1 Å². The second-order valence-electron chi connectivity index (χ2n) is 7.42. The number of nitrogens with two attached hydrogens (primary N) is 1. The fourth-order valence-electron chi connectivity index (χ4n) is 3.66. The summed E-state index contributed by atoms with van der Waals surface area (Å²) in [6.45, 7) is 2.82. The van der Waals surface area contributed by atoms with Gasteiger partial charge in [-0.25, -0.2) is 4.98 Å². The minimum atomic E-state index is 0.509. The van der Waals surface area contributed by atoms with Gasteiger partial charge in [-0.15, -0.1) is 11.8 Å². The molecule has 150 valence electrons. The molecule has 1 aromatic heterocycles. The molecule has 2 aliphatic rings. The molecule has 0 atom stereocenters. The third-order valence-corrected chi connectivity index (χ3v) is 6.39. The van der Waals surface area contributed by atoms with Crippen LogP contribution in [0.2, 0.25) is 5.02 Å². The van der Waals surface area contributed by atoms with Gasteiger partial charge in [-0.3, -0.25) is 0 Å². The SMILES string of the molecule is N/C(=C\SCNCC1CCOCC1)c1cc(NC2CCCCC2)ncc1Cl. The predicted octanol–water partition coefficient (Wildman–Crippen LogP) is 4.44. The van der Waals surface area contributed by atoms with Gasteiger partial charge in [0.15, 0.2) is 0 Å². The lowest BCUT2D eigenvalue weighted by Crippen LogP contribution is -2.27. The van der Waals surface area contributed by atoms with Gasteiger partial charge in [-0.1, -0.05) is 30.9 Å². The number of rotatable bonds is 8. The molecule has 1 aliphatic heterocycles. The number of ether oxygens (including phenoxy) is 1. The van der Waals surface area contributed by atoms with E-state index < -0.39 is 0 Å². The van der Waals surface area contributed by atoms with Crippen LogP contribution in [0.1, 0.15) is 50.5 Å². The van der Waals surface area contributed by atoms with Crippen LogP contribution in [0.4, 0.5) is 5.82 Å². The first kappa shape index (κ1) is 20.8. The third kappa shape index (κ3) is 6.86. The van der Waals surface area contributed by atoms with Crippen molar-refractivity contribution in [3.05, 3.63) is 28.3 Å². The molecule has 3 rings (SSSR count). The van der Waals surface area contributed by atoms with E-state index in [2.05, 4.69) is 15.6 Å². The van der Waals surface area contributed by atoms with Crippen LogP contribution in [0.3, 0.4) is 0 Å². The molecule has 1 aliphatic carbocycles. The number of nitrogens with zero attached hydrogens (tertiary/aromatic N) is 1. The number of nitrogens with one attached hydrogen (secondary N) is 2. The minimum absolute atomic E-state index is 0.509. The molecule has 0 unspecified atom stereocenters. The monoisotopic (exact) mass is 410 g/mol. The van der Waals surface area contributed by atoms with E-state index in [0.29, 0.717) is 16.8 Å². The highest BCUT2D eigenvalue weighted by Crippen LogP contribution is 2.26. The highest BCUT2D eigenvalue weighted by Gasteiger charge is 2.15. The lowest BCUT2D eigenvalue weighted by atomic mass is 9.95. The Labute approximate surface area is 171 Å². The molecule has 2 heterocycles. The van der Waals surface area contributed by atoms with Crippen LogP contribution in [-0.2, 0) is 4.74 Å². The summed E-state index contributed by atoms with van der Waals surface area (Å²) in [7, 11) is 0. The van der Waals surface area contributed by atoms with E-state index in [1.54, 1.807) is 18.0 Å². The Morgan fingerprint density at radius 3 is 2.81 bits per heavy atom. The van der Waals surface area contributed by atoms with Crippen LogP contribution in [0.15, 0.2) is 17.7 Å². The van der Waals surface area contributed by atoms with Crippen LogP contribution in [0, 0.1) is 5.92 Å². The number of hydrogen-bond acceptors (Lipinski definition) is 6. The van der Waals surface area contributed by atoms with Gasteiger partial charge in [-0.2, -0.15) is 0 Å². The van der Waals surface area contributed by atoms with Crippen molar-refractivity contribution in [1.82, 2.24) is 10.3 Å². The fraction of sp³-hybridized carbons (Fsp3) is 0.650. The van der Waals surface area contributed by atoms with Gasteiger partial charge in [0.05, 0.1) is 5.02 Å². The summed E-state index contributed by atoms with van der Waals surface area (Å²) in [6.07, 6.45) is 10.3. The lowest BCUT2D eigenvalue weighted by molar-refractivity contribution is 0.0668. The molecule has 7 heteroatoms. The van der Waals surface area contributed by atoms with Crippen molar-refractivity contribution in [1.29, 1.82) is 0 Å². The van der Waals surface area contributed by atoms with Crippen molar-refractivity contribution in [3.8, 4) is 0 Å². The van der Waals surface area contributed by atoms with Crippen LogP contribution in [0.25, 0.3) is 5.70 Å². The van der Waals surface area contributed by atoms with Crippen molar-refractivity contribution in [3.63, 3.8) is 0 Å². The van der Waals surface area contributed by atoms with Gasteiger partial charge in [0, 0.05) is 42.6 Å². The van der Waals surface area contributed by atoms with E-state index in [9.17, 15) is 0 Å². The van der Waals surface area contributed by atoms with Crippen molar-refractivity contribution in [2.75, 3.05) is 31.0 Å². The third-order valence-electron chi connectivity index (χ3n) is 5.29. The molecule has 27 heavy (non-hydrogen) atoms. The number of pyridine rings is 1. The zero-order chi connectivity index (χ0) is 18.9. The molecule has 1 saturated heterocycles. The number of hydrogen-bond donors (Lipinski definition) is 3. The van der Waals surface area contributed by atoms with E-state index in [-0.39, 0.29) is 0 Å². The minimum Gasteiger partial charge on any atom is -0.398 e. The van der Waals surface area contributed by atoms with E-state index in [0.717, 1.165) is 55.8 Å². The Bertz CT molecular complexity index is 616. The van der Waals surface area contributed by atoms with Gasteiger partial charge in [0.2, 0.25) is 0 Å². The Morgan fingerprint density at radius 1 is 1.26 bits per heavy atom. The fourth-order valence-corrected chi connectivity index (χ4v) is 4.50. The lowest BCUT2D eigenvalue weighted by Gasteiger charge is -2.23. The quantitative estimate of drug-likeness (QED) is 0.434. The van der Waals surface area contributed by atoms with Gasteiger partial charge in [0.1, 0.15) is 5.82 Å². The van der Waals surface area contributed by atoms with E-state index >= 15 is 0 Å². The standard InChI is InChI=1S/C20H31ClN4OS/c21-18-12-24-20(25-16-4-2-1-3-5-16)10-17(18)19(22)13-27-14-23-11-15-6-8-26-9-7-15/h10,12-13,15-16,23H,1-9,11,14,22H2,(H,24,25)/b19-13-. The van der Waals surface area contributed by atoms with Gasteiger partial charge in [-0.05, 0) is 49.6 Å². The summed E-state index contributed by atoms with van der Waals surface area (Å²) < 4.78 is 5.39. The van der Waals surface area contributed by atoms with E-state index in [1.807, 2.05) is 11.5 Å². The maximum atomic E-state index is 6.33. The van der Waals surface area contributed by atoms with Crippen molar-refractivity contribution < 1.29 is 4.74 Å². The number of thioether (sulfide) groups is 1. The van der Waals surface area contributed by atoms with Crippen molar-refractivity contribution in [2.45, 2.75) is 51.0 Å². The van der Waals surface area contributed by atoms with Gasteiger partial charge >= 0.3 is 0 Å². The number of aromatic nitrogens is 1. The summed E-state index contributed by atoms with van der Waals surface area (Å²) >= 11 is 7.99. The molecule has 1 aromatic rings. The summed E-state index contributed by atoms with van der Waals surface area (Å²) in [5.74, 6) is 2.43. The zero-order valence-corrected chi connectivity index (χ0v) is 17.5. The maximum Gasteiger partial charge on any atom is 0.126 e. The second kappa shape index (κ2) is 11.1. The highest BCUT2D eigenvalue weighted by molar-refractivity contribution is 8.02. The molecule has 0 aromatic carbocycles. The average molecular weight is 411 g/mol. The molecule has 0 radical (unpaired) electrons. The Balaban J connectivity index is 1.47. The Morgan fingerprint density at radius 2 is 2.04 bits per heavy atom. The summed E-state index contributed by atoms with van der Waals surface area (Å²) in [5, 5.41) is 9.59. The first-order valence-electron chi connectivity index (χ1n) is 10.0. The molecule has 0 amide bonds. The number of halogens is 1. The molecule has 0 bridgehead atoms. The largest absolute Gasteiger partial charge is 0.398 e. The normalized spacial score (nSPS) is 20.0. The van der Waals surface area contributed by atoms with Crippen LogP contribution >= 0.6 is 23.4 Å². The second-order valence-corrected chi connectivity index (χ2v) is 8.69. The Kier molecular flexibility index (Phi) is 8.58. The van der Waals surface area contributed by atoms with Crippen LogP contribution < -0.4 is 16.4 Å².